The van der Waals surface area contributed by atoms with Crippen LogP contribution in [0.5, 0.6) is 0 Å². The number of aromatic nitrogens is 1. The lowest BCUT2D eigenvalue weighted by Gasteiger charge is -2.25. The van der Waals surface area contributed by atoms with Crippen LogP contribution in [-0.2, 0) is 4.79 Å². The van der Waals surface area contributed by atoms with E-state index in [1.54, 1.807) is 0 Å². The van der Waals surface area contributed by atoms with Crippen LogP contribution in [0.2, 0.25) is 0 Å². The first kappa shape index (κ1) is 16.9. The predicted molar refractivity (Wildman–Crippen MR) is 87.7 cm³/mol. The number of hydrogen-bond acceptors (Lipinski definition) is 4. The molecule has 1 aromatic carbocycles. The Labute approximate surface area is 129 Å². The smallest absolute Gasteiger partial charge is 0.243 e. The van der Waals surface area contributed by atoms with Gasteiger partial charge in [0.2, 0.25) is 5.91 Å². The van der Waals surface area contributed by atoms with Gasteiger partial charge in [0.1, 0.15) is 0 Å². The number of fused-ring (bicyclic) bond motifs is 1. The van der Waals surface area contributed by atoms with E-state index in [-0.39, 0.29) is 23.7 Å². The molecule has 0 unspecified atom stereocenters. The maximum absolute atomic E-state index is 12.0. The van der Waals surface area contributed by atoms with Crippen LogP contribution in [-0.4, -0.2) is 16.9 Å². The zero-order valence-corrected chi connectivity index (χ0v) is 13.7. The van der Waals surface area contributed by atoms with Crippen molar-refractivity contribution in [2.75, 3.05) is 5.32 Å². The van der Waals surface area contributed by atoms with Crippen LogP contribution < -0.4 is 11.1 Å². The van der Waals surface area contributed by atoms with Crippen molar-refractivity contribution in [2.45, 2.75) is 33.7 Å². The zero-order valence-electron chi connectivity index (χ0n) is 12.1. The van der Waals surface area contributed by atoms with Crippen LogP contribution in [0.15, 0.2) is 18.2 Å². The molecule has 3 N–H and O–H groups in total. The van der Waals surface area contributed by atoms with Gasteiger partial charge in [-0.2, -0.15) is 0 Å². The molecule has 0 radical (unpaired) electrons. The third-order valence-electron chi connectivity index (χ3n) is 2.99. The minimum absolute atomic E-state index is 0. The van der Waals surface area contributed by atoms with Crippen LogP contribution in [0.3, 0.4) is 0 Å². The van der Waals surface area contributed by atoms with Gasteiger partial charge in [0.25, 0.3) is 0 Å². The second-order valence-corrected chi connectivity index (χ2v) is 6.85. The summed E-state index contributed by atoms with van der Waals surface area (Å²) in [6.45, 7) is 7.86. The summed E-state index contributed by atoms with van der Waals surface area (Å²) in [4.78, 5) is 16.4. The Kier molecular flexibility index (Phi) is 5.13. The summed E-state index contributed by atoms with van der Waals surface area (Å²) in [6.07, 6.45) is 0. The van der Waals surface area contributed by atoms with E-state index in [0.29, 0.717) is 5.13 Å². The van der Waals surface area contributed by atoms with Crippen LogP contribution in [0.4, 0.5) is 5.13 Å². The highest BCUT2D eigenvalue weighted by Gasteiger charge is 2.27. The molecule has 1 heterocycles. The number of carbonyl (C=O) groups is 1. The number of amides is 1. The Bertz CT molecular complexity index is 618. The minimum Gasteiger partial charge on any atom is -0.319 e. The number of benzene rings is 1. The summed E-state index contributed by atoms with van der Waals surface area (Å²) in [7, 11) is 0. The molecule has 0 aliphatic carbocycles. The van der Waals surface area contributed by atoms with E-state index in [9.17, 15) is 4.79 Å². The maximum atomic E-state index is 12.0. The van der Waals surface area contributed by atoms with Crippen LogP contribution >= 0.6 is 23.7 Å². The van der Waals surface area contributed by atoms with Gasteiger partial charge in [-0.3, -0.25) is 4.79 Å². The average Bonchev–Trinajstić information content (AvgIpc) is 2.67. The molecule has 1 aromatic heterocycles. The molecular weight excluding hydrogens is 294 g/mol. The molecule has 0 fully saturated rings. The van der Waals surface area contributed by atoms with E-state index >= 15 is 0 Å². The van der Waals surface area contributed by atoms with Crippen molar-refractivity contribution in [3.63, 3.8) is 0 Å². The minimum atomic E-state index is -0.554. The number of nitrogens with two attached hydrogens (primary N) is 1. The number of nitrogens with one attached hydrogen (secondary N) is 1. The number of halogens is 1. The molecule has 1 atom stereocenters. The van der Waals surface area contributed by atoms with E-state index in [0.717, 1.165) is 10.2 Å². The molecule has 110 valence electrons. The first-order chi connectivity index (χ1) is 8.77. The summed E-state index contributed by atoms with van der Waals surface area (Å²) in [5.74, 6) is -0.191. The molecule has 0 spiro atoms. The maximum Gasteiger partial charge on any atom is 0.243 e. The Balaban J connectivity index is 0.00000200. The number of rotatable bonds is 2. The largest absolute Gasteiger partial charge is 0.319 e. The molecule has 2 rings (SSSR count). The van der Waals surface area contributed by atoms with E-state index in [2.05, 4.69) is 16.4 Å². The van der Waals surface area contributed by atoms with Gasteiger partial charge in [-0.1, -0.05) is 38.2 Å². The van der Waals surface area contributed by atoms with Crippen molar-refractivity contribution in [2.24, 2.45) is 11.1 Å². The first-order valence-corrected chi connectivity index (χ1v) is 7.02. The summed E-state index contributed by atoms with van der Waals surface area (Å²) in [5, 5.41) is 3.40. The van der Waals surface area contributed by atoms with Gasteiger partial charge in [0, 0.05) is 0 Å². The van der Waals surface area contributed by atoms with Gasteiger partial charge in [0.15, 0.2) is 5.13 Å². The molecule has 0 aliphatic rings. The lowest BCUT2D eigenvalue weighted by atomic mass is 9.87. The number of hydrogen-bond donors (Lipinski definition) is 2. The fraction of sp³-hybridized carbons (Fsp3) is 0.429. The highest BCUT2D eigenvalue weighted by atomic mass is 35.5. The average molecular weight is 314 g/mol. The molecule has 2 aromatic rings. The monoisotopic (exact) mass is 313 g/mol. The van der Waals surface area contributed by atoms with Gasteiger partial charge in [-0.25, -0.2) is 4.98 Å². The third-order valence-corrected chi connectivity index (χ3v) is 3.92. The third kappa shape index (κ3) is 3.69. The van der Waals surface area contributed by atoms with Crippen molar-refractivity contribution in [3.05, 3.63) is 23.8 Å². The molecule has 0 bridgehead atoms. The van der Waals surface area contributed by atoms with Crippen LogP contribution in [0, 0.1) is 12.3 Å². The van der Waals surface area contributed by atoms with Crippen molar-refractivity contribution in [1.29, 1.82) is 0 Å². The molecule has 6 heteroatoms. The van der Waals surface area contributed by atoms with Gasteiger partial charge in [-0.15, -0.1) is 12.4 Å². The number of thiazole rings is 1. The number of anilines is 1. The summed E-state index contributed by atoms with van der Waals surface area (Å²) in [6, 6.07) is 5.47. The highest BCUT2D eigenvalue weighted by molar-refractivity contribution is 7.22. The van der Waals surface area contributed by atoms with Gasteiger partial charge in [0.05, 0.1) is 16.3 Å². The normalized spacial score (nSPS) is 12.8. The van der Waals surface area contributed by atoms with Gasteiger partial charge in [-0.05, 0) is 30.0 Å². The Morgan fingerprint density at radius 1 is 1.40 bits per heavy atom. The van der Waals surface area contributed by atoms with Crippen LogP contribution in [0.25, 0.3) is 10.2 Å². The lowest BCUT2D eigenvalue weighted by molar-refractivity contribution is -0.119. The summed E-state index contributed by atoms with van der Waals surface area (Å²) in [5.41, 5.74) is 7.74. The highest BCUT2D eigenvalue weighted by Crippen LogP contribution is 2.27. The Hall–Kier alpha value is -1.17. The van der Waals surface area contributed by atoms with Gasteiger partial charge >= 0.3 is 0 Å². The summed E-state index contributed by atoms with van der Waals surface area (Å²) < 4.78 is 1.07. The molecule has 20 heavy (non-hydrogen) atoms. The molecule has 4 nitrogen and oxygen atoms in total. The molecule has 0 aliphatic heterocycles. The predicted octanol–water partition coefficient (Wildman–Crippen LogP) is 3.34. The molecule has 1 amide bonds. The summed E-state index contributed by atoms with van der Waals surface area (Å²) >= 11 is 1.47. The fourth-order valence-electron chi connectivity index (χ4n) is 1.66. The standard InChI is InChI=1S/C14H19N3OS.ClH/c1-8-5-6-9-10(7-8)19-13(16-9)17-12(18)11(15)14(2,3)4;/h5-7,11H,15H2,1-4H3,(H,16,17,18);1H/t11-;/m1./s1. The van der Waals surface area contributed by atoms with Crippen LogP contribution in [0.1, 0.15) is 26.3 Å². The second kappa shape index (κ2) is 6.08. The fourth-order valence-corrected chi connectivity index (χ4v) is 2.63. The van der Waals surface area contributed by atoms with E-state index in [1.165, 1.54) is 16.9 Å². The quantitative estimate of drug-likeness (QED) is 0.893. The first-order valence-electron chi connectivity index (χ1n) is 6.21. The zero-order chi connectivity index (χ0) is 14.2. The second-order valence-electron chi connectivity index (χ2n) is 5.82. The number of aryl methyl sites for hydroxylation is 1. The molecular formula is C14H20ClN3OS. The van der Waals surface area contributed by atoms with Gasteiger partial charge < -0.3 is 11.1 Å². The Morgan fingerprint density at radius 2 is 2.05 bits per heavy atom. The lowest BCUT2D eigenvalue weighted by Crippen LogP contribution is -2.45. The van der Waals surface area contributed by atoms with E-state index < -0.39 is 6.04 Å². The Morgan fingerprint density at radius 3 is 2.65 bits per heavy atom. The van der Waals surface area contributed by atoms with Crippen molar-refractivity contribution >= 4 is 45.0 Å². The number of carbonyl (C=O) groups excluding carboxylic acids is 1. The van der Waals surface area contributed by atoms with E-state index in [4.69, 9.17) is 5.73 Å². The molecule has 0 saturated heterocycles. The van der Waals surface area contributed by atoms with E-state index in [1.807, 2.05) is 39.8 Å². The topological polar surface area (TPSA) is 68.0 Å². The van der Waals surface area contributed by atoms with Crippen molar-refractivity contribution < 1.29 is 4.79 Å². The van der Waals surface area contributed by atoms with Crippen molar-refractivity contribution in [1.82, 2.24) is 4.98 Å². The number of nitrogens with zero attached hydrogens (tertiary/aromatic N) is 1. The SMILES string of the molecule is Cc1ccc2nc(NC(=O)[C@@H](N)C(C)(C)C)sc2c1.Cl. The van der Waals surface area contributed by atoms with Crippen molar-refractivity contribution in [3.8, 4) is 0 Å². The molecule has 0 saturated carbocycles.